The van der Waals surface area contributed by atoms with E-state index in [1.165, 1.54) is 6.33 Å². The molecule has 0 aliphatic heterocycles. The second-order valence-corrected chi connectivity index (χ2v) is 8.20. The second-order valence-electron chi connectivity index (χ2n) is 7.25. The quantitative estimate of drug-likeness (QED) is 0.369. The zero-order valence-electron chi connectivity index (χ0n) is 17.6. The number of nitrogens with one attached hydrogen (secondary N) is 1. The average molecular weight is 453 g/mol. The van der Waals surface area contributed by atoms with Crippen LogP contribution in [0.25, 0.3) is 28.0 Å². The number of thiophene rings is 1. The Morgan fingerprint density at radius 1 is 0.970 bits per heavy atom. The zero-order valence-corrected chi connectivity index (χ0v) is 18.4. The lowest BCUT2D eigenvalue weighted by molar-refractivity contribution is -0.116. The van der Waals surface area contributed by atoms with Gasteiger partial charge in [-0.05, 0) is 47.4 Å². The topological polar surface area (TPSA) is 77.6 Å². The van der Waals surface area contributed by atoms with Gasteiger partial charge in [0.15, 0.2) is 0 Å². The smallest absolute Gasteiger partial charge is 0.244 e. The molecule has 0 saturated heterocycles. The third-order valence-electron chi connectivity index (χ3n) is 5.02. The normalized spacial score (nSPS) is 11.2. The van der Waals surface area contributed by atoms with Gasteiger partial charge in [-0.15, -0.1) is 11.3 Å². The van der Waals surface area contributed by atoms with E-state index in [0.717, 1.165) is 33.1 Å². The number of benzene rings is 2. The van der Waals surface area contributed by atoms with Gasteiger partial charge in [0, 0.05) is 24.4 Å². The summed E-state index contributed by atoms with van der Waals surface area (Å²) >= 11 is 1.62. The predicted molar refractivity (Wildman–Crippen MR) is 129 cm³/mol. The van der Waals surface area contributed by atoms with E-state index in [1.54, 1.807) is 28.4 Å². The molecule has 0 radical (unpaired) electrons. The molecule has 1 N–H and O–H groups in total. The van der Waals surface area contributed by atoms with Crippen LogP contribution in [0.3, 0.4) is 0 Å². The van der Waals surface area contributed by atoms with Crippen LogP contribution in [0.2, 0.25) is 0 Å². The van der Waals surface area contributed by atoms with E-state index in [4.69, 9.17) is 5.10 Å². The highest BCUT2D eigenvalue weighted by Gasteiger charge is 2.11. The van der Waals surface area contributed by atoms with Gasteiger partial charge in [-0.3, -0.25) is 4.79 Å². The molecule has 5 aromatic rings. The third-order valence-corrected chi connectivity index (χ3v) is 5.90. The molecule has 0 unspecified atom stereocenters. The van der Waals surface area contributed by atoms with E-state index in [9.17, 15) is 4.79 Å². The number of hydrogen-bond acceptors (Lipinski definition) is 5. The van der Waals surface area contributed by atoms with Gasteiger partial charge < -0.3 is 5.32 Å². The SMILES string of the molecule is O=C(/C=C/c1cn(-c2ccccc2)nc1-c1cccs1)NCc1ccc(-n2cncn2)cc1. The summed E-state index contributed by atoms with van der Waals surface area (Å²) in [5.41, 5.74) is 4.61. The number of aromatic nitrogens is 5. The first-order valence-corrected chi connectivity index (χ1v) is 11.2. The highest BCUT2D eigenvalue weighted by Crippen LogP contribution is 2.28. The van der Waals surface area contributed by atoms with Crippen molar-refractivity contribution >= 4 is 23.3 Å². The number of para-hydroxylation sites is 1. The first-order valence-electron chi connectivity index (χ1n) is 10.3. The van der Waals surface area contributed by atoms with Crippen molar-refractivity contribution in [2.75, 3.05) is 0 Å². The molecular weight excluding hydrogens is 432 g/mol. The van der Waals surface area contributed by atoms with Gasteiger partial charge in [-0.2, -0.15) is 10.2 Å². The highest BCUT2D eigenvalue weighted by molar-refractivity contribution is 7.13. The van der Waals surface area contributed by atoms with Crippen molar-refractivity contribution in [2.45, 2.75) is 6.54 Å². The van der Waals surface area contributed by atoms with Crippen molar-refractivity contribution in [3.8, 4) is 21.9 Å². The van der Waals surface area contributed by atoms with Crippen LogP contribution in [-0.2, 0) is 11.3 Å². The summed E-state index contributed by atoms with van der Waals surface area (Å²) in [7, 11) is 0. The largest absolute Gasteiger partial charge is 0.348 e. The minimum atomic E-state index is -0.167. The molecule has 0 atom stereocenters. The van der Waals surface area contributed by atoms with Gasteiger partial charge in [0.2, 0.25) is 5.91 Å². The number of hydrogen-bond donors (Lipinski definition) is 1. The Balaban J connectivity index is 1.28. The molecule has 7 nitrogen and oxygen atoms in total. The van der Waals surface area contributed by atoms with Crippen LogP contribution < -0.4 is 5.32 Å². The number of nitrogens with zero attached hydrogens (tertiary/aromatic N) is 5. The van der Waals surface area contributed by atoms with Crippen LogP contribution >= 0.6 is 11.3 Å². The lowest BCUT2D eigenvalue weighted by atomic mass is 10.2. The molecule has 0 bridgehead atoms. The zero-order chi connectivity index (χ0) is 22.5. The molecule has 0 aliphatic rings. The van der Waals surface area contributed by atoms with E-state index in [2.05, 4.69) is 15.4 Å². The summed E-state index contributed by atoms with van der Waals surface area (Å²) in [6.45, 7) is 0.432. The van der Waals surface area contributed by atoms with Crippen molar-refractivity contribution in [3.63, 3.8) is 0 Å². The molecule has 3 heterocycles. The van der Waals surface area contributed by atoms with E-state index >= 15 is 0 Å². The van der Waals surface area contributed by atoms with Crippen molar-refractivity contribution in [3.05, 3.63) is 108 Å². The standard InChI is InChI=1S/C25H20N6OS/c32-24(27-15-19-8-11-22(12-9-19)31-18-26-17-28-31)13-10-20-16-30(21-5-2-1-3-6-21)29-25(20)23-7-4-14-33-23/h1-14,16-18H,15H2,(H,27,32)/b13-10+. The van der Waals surface area contributed by atoms with E-state index in [1.807, 2.05) is 89.1 Å². The minimum Gasteiger partial charge on any atom is -0.348 e. The fraction of sp³-hybridized carbons (Fsp3) is 0.0400. The van der Waals surface area contributed by atoms with E-state index in [0.29, 0.717) is 6.54 Å². The van der Waals surface area contributed by atoms with Gasteiger partial charge in [0.25, 0.3) is 0 Å². The highest BCUT2D eigenvalue weighted by atomic mass is 32.1. The van der Waals surface area contributed by atoms with Crippen molar-refractivity contribution < 1.29 is 4.79 Å². The Hall–Kier alpha value is -4.30. The van der Waals surface area contributed by atoms with Crippen molar-refractivity contribution in [1.29, 1.82) is 0 Å². The summed E-state index contributed by atoms with van der Waals surface area (Å²) in [5.74, 6) is -0.167. The summed E-state index contributed by atoms with van der Waals surface area (Å²) in [5, 5.41) is 13.8. The molecule has 2 aromatic carbocycles. The van der Waals surface area contributed by atoms with E-state index in [-0.39, 0.29) is 5.91 Å². The maximum Gasteiger partial charge on any atom is 0.244 e. The minimum absolute atomic E-state index is 0.167. The summed E-state index contributed by atoms with van der Waals surface area (Å²) in [6.07, 6.45) is 8.44. The van der Waals surface area contributed by atoms with Crippen LogP contribution in [0.5, 0.6) is 0 Å². The Bertz CT molecular complexity index is 1350. The molecule has 3 aromatic heterocycles. The number of rotatable bonds is 7. The van der Waals surface area contributed by atoms with Crippen molar-refractivity contribution in [2.24, 2.45) is 0 Å². The number of carbonyl (C=O) groups is 1. The van der Waals surface area contributed by atoms with Gasteiger partial charge in [0.05, 0.1) is 16.3 Å². The molecule has 162 valence electrons. The first kappa shape index (κ1) is 20.6. The maximum absolute atomic E-state index is 12.5. The fourth-order valence-electron chi connectivity index (χ4n) is 3.35. The second kappa shape index (κ2) is 9.46. The maximum atomic E-state index is 12.5. The average Bonchev–Trinajstić information content (AvgIpc) is 3.64. The Labute approximate surface area is 194 Å². The monoisotopic (exact) mass is 452 g/mol. The summed E-state index contributed by atoms with van der Waals surface area (Å²) in [4.78, 5) is 17.5. The summed E-state index contributed by atoms with van der Waals surface area (Å²) < 4.78 is 3.52. The van der Waals surface area contributed by atoms with Gasteiger partial charge in [0.1, 0.15) is 18.3 Å². The van der Waals surface area contributed by atoms with Crippen LogP contribution in [0, 0.1) is 0 Å². The molecule has 5 rings (SSSR count). The molecule has 1 amide bonds. The molecule has 0 fully saturated rings. The van der Waals surface area contributed by atoms with Crippen LogP contribution in [-0.4, -0.2) is 30.5 Å². The van der Waals surface area contributed by atoms with Gasteiger partial charge in [-0.1, -0.05) is 36.4 Å². The molecule has 8 heteroatoms. The number of amides is 1. The first-order chi connectivity index (χ1) is 16.3. The van der Waals surface area contributed by atoms with Gasteiger partial charge in [-0.25, -0.2) is 14.3 Å². The number of carbonyl (C=O) groups excluding carboxylic acids is 1. The van der Waals surface area contributed by atoms with Gasteiger partial charge >= 0.3 is 0 Å². The molecular formula is C25H20N6OS. The molecule has 0 aliphatic carbocycles. The Morgan fingerprint density at radius 2 is 1.79 bits per heavy atom. The third kappa shape index (κ3) is 4.81. The lowest BCUT2D eigenvalue weighted by Crippen LogP contribution is -2.20. The summed E-state index contributed by atoms with van der Waals surface area (Å²) in [6, 6.07) is 21.7. The predicted octanol–water partition coefficient (Wildman–Crippen LogP) is 4.51. The van der Waals surface area contributed by atoms with Crippen LogP contribution in [0.4, 0.5) is 0 Å². The van der Waals surface area contributed by atoms with E-state index < -0.39 is 0 Å². The fourth-order valence-corrected chi connectivity index (χ4v) is 4.08. The van der Waals surface area contributed by atoms with Crippen LogP contribution in [0.15, 0.2) is 97.0 Å². The Morgan fingerprint density at radius 3 is 2.52 bits per heavy atom. The van der Waals surface area contributed by atoms with Crippen LogP contribution in [0.1, 0.15) is 11.1 Å². The molecule has 0 spiro atoms. The Kier molecular flexibility index (Phi) is 5.90. The molecule has 0 saturated carbocycles. The lowest BCUT2D eigenvalue weighted by Gasteiger charge is -2.05. The van der Waals surface area contributed by atoms with Crippen molar-refractivity contribution in [1.82, 2.24) is 29.9 Å². The molecule has 33 heavy (non-hydrogen) atoms.